The highest BCUT2D eigenvalue weighted by Crippen LogP contribution is 2.18. The zero-order valence-corrected chi connectivity index (χ0v) is 16.3. The predicted octanol–water partition coefficient (Wildman–Crippen LogP) is 2.91. The third-order valence-electron chi connectivity index (χ3n) is 3.78. The monoisotopic (exact) mass is 413 g/mol. The lowest BCUT2D eigenvalue weighted by Crippen LogP contribution is -2.20. The molecule has 0 aliphatic rings. The summed E-state index contributed by atoms with van der Waals surface area (Å²) in [6.45, 7) is -0.187. The minimum atomic E-state index is -3.77. The Hall–Kier alpha value is -3.59. The Balaban J connectivity index is 1.56. The molecule has 0 fully saturated rings. The van der Waals surface area contributed by atoms with Gasteiger partial charge in [0.2, 0.25) is 0 Å². The third kappa shape index (κ3) is 5.69. The van der Waals surface area contributed by atoms with Gasteiger partial charge in [0.25, 0.3) is 15.9 Å². The first-order chi connectivity index (χ1) is 14.0. The van der Waals surface area contributed by atoms with E-state index in [-0.39, 0.29) is 23.2 Å². The van der Waals surface area contributed by atoms with Crippen molar-refractivity contribution in [3.8, 4) is 11.5 Å². The van der Waals surface area contributed by atoms with E-state index in [4.69, 9.17) is 9.47 Å². The van der Waals surface area contributed by atoms with Crippen molar-refractivity contribution in [1.29, 1.82) is 0 Å². The quantitative estimate of drug-likeness (QED) is 0.588. The third-order valence-corrected chi connectivity index (χ3v) is 5.15. The average Bonchev–Trinajstić information content (AvgIpc) is 2.73. The molecule has 0 unspecified atom stereocenters. The number of carbonyl (C=O) groups excluding carboxylic acids is 1. The topological polar surface area (TPSA) is 107 Å². The zero-order valence-electron chi connectivity index (χ0n) is 15.5. The van der Waals surface area contributed by atoms with Crippen LogP contribution in [0.4, 0.5) is 11.5 Å². The molecule has 29 heavy (non-hydrogen) atoms. The molecular formula is C20H19N3O5S. The molecule has 1 aromatic heterocycles. The van der Waals surface area contributed by atoms with Crippen LogP contribution in [0.25, 0.3) is 0 Å². The van der Waals surface area contributed by atoms with Crippen molar-refractivity contribution >= 4 is 27.4 Å². The number of anilines is 2. The van der Waals surface area contributed by atoms with Gasteiger partial charge in [0.05, 0.1) is 12.0 Å². The van der Waals surface area contributed by atoms with Crippen molar-refractivity contribution in [3.05, 3.63) is 72.9 Å². The van der Waals surface area contributed by atoms with E-state index in [1.165, 1.54) is 30.5 Å². The van der Waals surface area contributed by atoms with Crippen LogP contribution >= 0.6 is 0 Å². The Bertz CT molecular complexity index is 1050. The lowest BCUT2D eigenvalue weighted by Gasteiger charge is -2.10. The second-order valence-corrected chi connectivity index (χ2v) is 7.54. The number of sulfonamides is 1. The summed E-state index contributed by atoms with van der Waals surface area (Å²) in [5.41, 5.74) is 0.449. The molecule has 0 bridgehead atoms. The molecule has 0 aliphatic heterocycles. The second kappa shape index (κ2) is 9.07. The summed E-state index contributed by atoms with van der Waals surface area (Å²) >= 11 is 0. The number of hydrogen-bond donors (Lipinski definition) is 2. The number of hydrogen-bond acceptors (Lipinski definition) is 6. The SMILES string of the molecule is COc1ccc(OCC(=O)Nc2ccc(S(=O)(=O)Nc3ccccn3)cc2)cc1. The van der Waals surface area contributed by atoms with Crippen molar-refractivity contribution < 1.29 is 22.7 Å². The van der Waals surface area contributed by atoms with Gasteiger partial charge in [-0.25, -0.2) is 13.4 Å². The first kappa shape index (κ1) is 20.2. The lowest BCUT2D eigenvalue weighted by molar-refractivity contribution is -0.118. The van der Waals surface area contributed by atoms with Crippen molar-refractivity contribution in [3.63, 3.8) is 0 Å². The van der Waals surface area contributed by atoms with E-state index in [9.17, 15) is 13.2 Å². The van der Waals surface area contributed by atoms with Crippen LogP contribution in [0, 0.1) is 0 Å². The summed E-state index contributed by atoms with van der Waals surface area (Å²) in [4.78, 5) is 16.0. The normalized spacial score (nSPS) is 10.8. The first-order valence-corrected chi connectivity index (χ1v) is 10.1. The molecule has 150 valence electrons. The molecule has 0 atom stereocenters. The van der Waals surface area contributed by atoms with Gasteiger partial charge in [-0.05, 0) is 60.7 Å². The fourth-order valence-corrected chi connectivity index (χ4v) is 3.36. The largest absolute Gasteiger partial charge is 0.497 e. The van der Waals surface area contributed by atoms with Crippen molar-refractivity contribution in [2.24, 2.45) is 0 Å². The van der Waals surface area contributed by atoms with Gasteiger partial charge in [-0.3, -0.25) is 9.52 Å². The molecule has 1 heterocycles. The minimum Gasteiger partial charge on any atom is -0.497 e. The van der Waals surface area contributed by atoms with E-state index in [2.05, 4.69) is 15.0 Å². The molecule has 2 N–H and O–H groups in total. The van der Waals surface area contributed by atoms with Gasteiger partial charge in [0, 0.05) is 11.9 Å². The second-order valence-electron chi connectivity index (χ2n) is 5.86. The Morgan fingerprint density at radius 2 is 1.66 bits per heavy atom. The number of rotatable bonds is 8. The Labute approximate surface area is 168 Å². The maximum absolute atomic E-state index is 12.4. The number of pyridine rings is 1. The van der Waals surface area contributed by atoms with Gasteiger partial charge in [0.1, 0.15) is 17.3 Å². The van der Waals surface area contributed by atoms with Gasteiger partial charge in [-0.1, -0.05) is 6.07 Å². The molecule has 2 aromatic carbocycles. The van der Waals surface area contributed by atoms with Gasteiger partial charge in [-0.2, -0.15) is 0 Å². The molecule has 8 nitrogen and oxygen atoms in total. The maximum Gasteiger partial charge on any atom is 0.263 e. The molecular weight excluding hydrogens is 394 g/mol. The summed E-state index contributed by atoms with van der Waals surface area (Å²) in [6.07, 6.45) is 1.49. The number of ether oxygens (including phenoxy) is 2. The molecule has 0 radical (unpaired) electrons. The van der Waals surface area contributed by atoms with Gasteiger partial charge in [0.15, 0.2) is 6.61 Å². The van der Waals surface area contributed by atoms with E-state index in [1.807, 2.05) is 0 Å². The standard InChI is InChI=1S/C20H19N3O5S/c1-27-16-7-9-17(10-8-16)28-14-20(24)22-15-5-11-18(12-6-15)29(25,26)23-19-4-2-3-13-21-19/h2-13H,14H2,1H3,(H,21,23)(H,22,24). The van der Waals surface area contributed by atoms with Crippen LogP contribution in [0.5, 0.6) is 11.5 Å². The van der Waals surface area contributed by atoms with Crippen LogP contribution in [0.3, 0.4) is 0 Å². The predicted molar refractivity (Wildman–Crippen MR) is 109 cm³/mol. The highest BCUT2D eigenvalue weighted by molar-refractivity contribution is 7.92. The summed E-state index contributed by atoms with van der Waals surface area (Å²) in [5.74, 6) is 1.07. The highest BCUT2D eigenvalue weighted by atomic mass is 32.2. The van der Waals surface area contributed by atoms with Crippen molar-refractivity contribution in [2.75, 3.05) is 23.8 Å². The minimum absolute atomic E-state index is 0.0515. The fraction of sp³-hybridized carbons (Fsp3) is 0.100. The Morgan fingerprint density at radius 1 is 0.966 bits per heavy atom. The Morgan fingerprint density at radius 3 is 2.28 bits per heavy atom. The van der Waals surface area contributed by atoms with Crippen LogP contribution in [0.15, 0.2) is 77.8 Å². The first-order valence-electron chi connectivity index (χ1n) is 8.57. The van der Waals surface area contributed by atoms with Gasteiger partial charge in [-0.15, -0.1) is 0 Å². The number of amides is 1. The zero-order chi connectivity index (χ0) is 20.7. The maximum atomic E-state index is 12.4. The number of methoxy groups -OCH3 is 1. The molecule has 9 heteroatoms. The van der Waals surface area contributed by atoms with E-state index in [1.54, 1.807) is 49.6 Å². The number of benzene rings is 2. The summed E-state index contributed by atoms with van der Waals surface area (Å²) in [6, 6.07) is 17.5. The van der Waals surface area contributed by atoms with Gasteiger partial charge >= 0.3 is 0 Å². The van der Waals surface area contributed by atoms with Crippen molar-refractivity contribution in [1.82, 2.24) is 4.98 Å². The van der Waals surface area contributed by atoms with E-state index in [0.29, 0.717) is 17.2 Å². The highest BCUT2D eigenvalue weighted by Gasteiger charge is 2.15. The van der Waals surface area contributed by atoms with E-state index >= 15 is 0 Å². The summed E-state index contributed by atoms with van der Waals surface area (Å²) < 4.78 is 37.6. The van der Waals surface area contributed by atoms with Crippen LogP contribution in [-0.4, -0.2) is 33.0 Å². The van der Waals surface area contributed by atoms with Crippen LogP contribution in [0.1, 0.15) is 0 Å². The molecule has 3 rings (SSSR count). The van der Waals surface area contributed by atoms with Crippen LogP contribution < -0.4 is 19.5 Å². The van der Waals surface area contributed by atoms with Crippen LogP contribution in [-0.2, 0) is 14.8 Å². The molecule has 3 aromatic rings. The number of nitrogens with one attached hydrogen (secondary N) is 2. The van der Waals surface area contributed by atoms with Crippen molar-refractivity contribution in [2.45, 2.75) is 4.90 Å². The lowest BCUT2D eigenvalue weighted by atomic mass is 10.3. The molecule has 0 saturated heterocycles. The molecule has 0 saturated carbocycles. The molecule has 0 aliphatic carbocycles. The van der Waals surface area contributed by atoms with E-state index < -0.39 is 10.0 Å². The molecule has 0 spiro atoms. The van der Waals surface area contributed by atoms with Crippen LogP contribution in [0.2, 0.25) is 0 Å². The van der Waals surface area contributed by atoms with E-state index in [0.717, 1.165) is 0 Å². The number of carbonyl (C=O) groups is 1. The number of aromatic nitrogens is 1. The summed E-state index contributed by atoms with van der Waals surface area (Å²) in [7, 11) is -2.21. The Kier molecular flexibility index (Phi) is 6.30. The molecule has 1 amide bonds. The smallest absolute Gasteiger partial charge is 0.263 e. The fourth-order valence-electron chi connectivity index (χ4n) is 2.36. The average molecular weight is 413 g/mol. The summed E-state index contributed by atoms with van der Waals surface area (Å²) in [5, 5.41) is 2.65. The number of nitrogens with zero attached hydrogens (tertiary/aromatic N) is 1. The van der Waals surface area contributed by atoms with Gasteiger partial charge < -0.3 is 14.8 Å².